The molecule has 2 heterocycles. The van der Waals surface area contributed by atoms with E-state index in [1.807, 2.05) is 30.3 Å². The summed E-state index contributed by atoms with van der Waals surface area (Å²) in [5, 5.41) is 6.23. The molecule has 122 valence electrons. The van der Waals surface area contributed by atoms with Crippen molar-refractivity contribution in [3.8, 4) is 0 Å². The lowest BCUT2D eigenvalue weighted by Crippen LogP contribution is -2.51. The molecular formula is C15H18N4O3S. The highest BCUT2D eigenvalue weighted by Crippen LogP contribution is 2.28. The summed E-state index contributed by atoms with van der Waals surface area (Å²) in [5.41, 5.74) is 0.926. The molecule has 23 heavy (non-hydrogen) atoms. The Morgan fingerprint density at radius 1 is 1.26 bits per heavy atom. The van der Waals surface area contributed by atoms with E-state index in [4.69, 9.17) is 0 Å². The molecule has 1 aliphatic heterocycles. The molecule has 1 saturated heterocycles. The molecule has 1 aromatic carbocycles. The van der Waals surface area contributed by atoms with Crippen LogP contribution in [0, 0.1) is 0 Å². The van der Waals surface area contributed by atoms with Gasteiger partial charge in [0.05, 0.1) is 12.2 Å². The van der Waals surface area contributed by atoms with Crippen LogP contribution >= 0.6 is 0 Å². The van der Waals surface area contributed by atoms with Crippen molar-refractivity contribution >= 4 is 15.9 Å². The van der Waals surface area contributed by atoms with Crippen molar-refractivity contribution < 1.29 is 13.2 Å². The van der Waals surface area contributed by atoms with Gasteiger partial charge in [0.25, 0.3) is 0 Å². The first-order valence-electron chi connectivity index (χ1n) is 7.31. The van der Waals surface area contributed by atoms with Crippen LogP contribution in [0.5, 0.6) is 0 Å². The Kier molecular flexibility index (Phi) is 4.18. The number of carbonyl (C=O) groups is 1. The van der Waals surface area contributed by atoms with Gasteiger partial charge in [-0.15, -0.1) is 0 Å². The van der Waals surface area contributed by atoms with Crippen molar-refractivity contribution in [2.24, 2.45) is 0 Å². The molecule has 1 N–H and O–H groups in total. The summed E-state index contributed by atoms with van der Waals surface area (Å²) >= 11 is 0. The van der Waals surface area contributed by atoms with Crippen molar-refractivity contribution in [3.05, 3.63) is 48.3 Å². The third kappa shape index (κ3) is 2.99. The van der Waals surface area contributed by atoms with E-state index in [0.717, 1.165) is 5.56 Å². The molecule has 0 radical (unpaired) electrons. The number of aromatic nitrogens is 2. The average Bonchev–Trinajstić information content (AvgIpc) is 3.10. The number of nitrogens with one attached hydrogen (secondary N) is 1. The molecule has 0 spiro atoms. The quantitative estimate of drug-likeness (QED) is 0.907. The standard InChI is InChI=1S/C15H18N4O3S/c1-12(20)19-8-7-18(23(21,22)14-9-16-17-10-14)11-15(19)13-5-3-2-4-6-13/h2-6,9-10,15H,7-8,11H2,1H3,(H,16,17)/t15-/m1/s1. The number of piperazine rings is 1. The zero-order chi connectivity index (χ0) is 16.4. The van der Waals surface area contributed by atoms with Gasteiger partial charge in [0, 0.05) is 32.8 Å². The van der Waals surface area contributed by atoms with E-state index in [1.54, 1.807) is 4.90 Å². The van der Waals surface area contributed by atoms with Crippen LogP contribution in [0.15, 0.2) is 47.6 Å². The molecule has 0 bridgehead atoms. The molecule has 0 aliphatic carbocycles. The Morgan fingerprint density at radius 2 is 2.00 bits per heavy atom. The molecule has 0 unspecified atom stereocenters. The van der Waals surface area contributed by atoms with E-state index < -0.39 is 10.0 Å². The van der Waals surface area contributed by atoms with Gasteiger partial charge in [0.1, 0.15) is 4.90 Å². The van der Waals surface area contributed by atoms with Gasteiger partial charge in [0.15, 0.2) is 0 Å². The van der Waals surface area contributed by atoms with Gasteiger partial charge in [-0.25, -0.2) is 8.42 Å². The zero-order valence-corrected chi connectivity index (χ0v) is 13.5. The van der Waals surface area contributed by atoms with Gasteiger partial charge in [0.2, 0.25) is 15.9 Å². The maximum absolute atomic E-state index is 12.7. The number of benzene rings is 1. The van der Waals surface area contributed by atoms with Gasteiger partial charge in [-0.2, -0.15) is 9.40 Å². The second kappa shape index (κ2) is 6.13. The normalized spacial score (nSPS) is 19.7. The number of amides is 1. The lowest BCUT2D eigenvalue weighted by atomic mass is 10.0. The van der Waals surface area contributed by atoms with Gasteiger partial charge < -0.3 is 4.90 Å². The lowest BCUT2D eigenvalue weighted by Gasteiger charge is -2.40. The number of aromatic amines is 1. The summed E-state index contributed by atoms with van der Waals surface area (Å²) in [4.78, 5) is 13.8. The second-order valence-corrected chi connectivity index (χ2v) is 7.37. The van der Waals surface area contributed by atoms with Gasteiger partial charge in [-0.05, 0) is 5.56 Å². The Hall–Kier alpha value is -2.19. The third-order valence-corrected chi connectivity index (χ3v) is 5.87. The fraction of sp³-hybridized carbons (Fsp3) is 0.333. The monoisotopic (exact) mass is 334 g/mol. The van der Waals surface area contributed by atoms with Crippen molar-refractivity contribution in [2.75, 3.05) is 19.6 Å². The highest BCUT2D eigenvalue weighted by atomic mass is 32.2. The number of hydrogen-bond donors (Lipinski definition) is 1. The number of hydrogen-bond acceptors (Lipinski definition) is 4. The fourth-order valence-electron chi connectivity index (χ4n) is 2.84. The Bertz CT molecular complexity index is 774. The fourth-order valence-corrected chi connectivity index (χ4v) is 4.19. The van der Waals surface area contributed by atoms with Crippen molar-refractivity contribution in [2.45, 2.75) is 17.9 Å². The highest BCUT2D eigenvalue weighted by molar-refractivity contribution is 7.89. The van der Waals surface area contributed by atoms with Crippen molar-refractivity contribution in [3.63, 3.8) is 0 Å². The van der Waals surface area contributed by atoms with Crippen LogP contribution in [0.4, 0.5) is 0 Å². The molecule has 1 fully saturated rings. The van der Waals surface area contributed by atoms with Crippen LogP contribution in [0.25, 0.3) is 0 Å². The molecule has 1 aliphatic rings. The molecule has 2 aromatic rings. The third-order valence-electron chi connectivity index (χ3n) is 4.04. The summed E-state index contributed by atoms with van der Waals surface area (Å²) < 4.78 is 26.7. The smallest absolute Gasteiger partial charge is 0.246 e. The zero-order valence-electron chi connectivity index (χ0n) is 12.7. The SMILES string of the molecule is CC(=O)N1CCN(S(=O)(=O)c2cn[nH]c2)C[C@@H]1c1ccccc1. The Morgan fingerprint density at radius 3 is 2.61 bits per heavy atom. The van der Waals surface area contributed by atoms with Crippen molar-refractivity contribution in [1.82, 2.24) is 19.4 Å². The van der Waals surface area contributed by atoms with E-state index in [9.17, 15) is 13.2 Å². The van der Waals surface area contributed by atoms with E-state index in [1.165, 1.54) is 23.6 Å². The number of H-pyrrole nitrogens is 1. The number of nitrogens with zero attached hydrogens (tertiary/aromatic N) is 3. The maximum Gasteiger partial charge on any atom is 0.246 e. The molecule has 1 aromatic heterocycles. The summed E-state index contributed by atoms with van der Waals surface area (Å²) in [6.45, 7) is 2.38. The summed E-state index contributed by atoms with van der Waals surface area (Å²) in [7, 11) is -3.61. The predicted molar refractivity (Wildman–Crippen MR) is 83.9 cm³/mol. The Labute approximate surface area is 135 Å². The van der Waals surface area contributed by atoms with Crippen LogP contribution in [0.2, 0.25) is 0 Å². The van der Waals surface area contributed by atoms with Crippen LogP contribution < -0.4 is 0 Å². The average molecular weight is 334 g/mol. The summed E-state index contributed by atoms with van der Waals surface area (Å²) in [6.07, 6.45) is 2.66. The largest absolute Gasteiger partial charge is 0.333 e. The Balaban J connectivity index is 1.92. The van der Waals surface area contributed by atoms with E-state index in [-0.39, 0.29) is 29.9 Å². The number of sulfonamides is 1. The minimum Gasteiger partial charge on any atom is -0.333 e. The molecule has 1 amide bonds. The summed E-state index contributed by atoms with van der Waals surface area (Å²) in [6, 6.07) is 9.20. The minimum absolute atomic E-state index is 0.0563. The summed E-state index contributed by atoms with van der Waals surface area (Å²) in [5.74, 6) is -0.0563. The van der Waals surface area contributed by atoms with E-state index >= 15 is 0 Å². The first-order chi connectivity index (χ1) is 11.0. The van der Waals surface area contributed by atoms with Crippen LogP contribution in [0.1, 0.15) is 18.5 Å². The highest BCUT2D eigenvalue weighted by Gasteiger charge is 2.36. The van der Waals surface area contributed by atoms with Crippen molar-refractivity contribution in [1.29, 1.82) is 0 Å². The molecule has 8 heteroatoms. The first kappa shape index (κ1) is 15.7. The van der Waals surface area contributed by atoms with Crippen LogP contribution in [-0.4, -0.2) is 53.4 Å². The number of carbonyl (C=O) groups excluding carboxylic acids is 1. The van der Waals surface area contributed by atoms with Crippen LogP contribution in [-0.2, 0) is 14.8 Å². The van der Waals surface area contributed by atoms with E-state index in [2.05, 4.69) is 10.2 Å². The topological polar surface area (TPSA) is 86.4 Å². The van der Waals surface area contributed by atoms with Gasteiger partial charge in [-0.1, -0.05) is 30.3 Å². The lowest BCUT2D eigenvalue weighted by molar-refractivity contribution is -0.133. The molecule has 7 nitrogen and oxygen atoms in total. The van der Waals surface area contributed by atoms with Gasteiger partial charge in [-0.3, -0.25) is 9.89 Å². The number of rotatable bonds is 3. The predicted octanol–water partition coefficient (Wildman–Crippen LogP) is 1.00. The molecule has 3 rings (SSSR count). The minimum atomic E-state index is -3.61. The first-order valence-corrected chi connectivity index (χ1v) is 8.75. The molecular weight excluding hydrogens is 316 g/mol. The second-order valence-electron chi connectivity index (χ2n) is 5.44. The maximum atomic E-state index is 12.7. The van der Waals surface area contributed by atoms with Gasteiger partial charge >= 0.3 is 0 Å². The van der Waals surface area contributed by atoms with Crippen LogP contribution in [0.3, 0.4) is 0 Å². The molecule has 1 atom stereocenters. The molecule has 0 saturated carbocycles. The van der Waals surface area contributed by atoms with E-state index in [0.29, 0.717) is 6.54 Å².